The maximum atomic E-state index is 8.90. The van der Waals surface area contributed by atoms with Crippen molar-refractivity contribution in [3.8, 4) is 0 Å². The number of rotatable bonds is 10. The summed E-state index contributed by atoms with van der Waals surface area (Å²) in [7, 11) is 0. The SMILES string of the molecule is CC(C)(COCCCO)N(Cc1ccccc1)Cc1ccccc1. The van der Waals surface area contributed by atoms with Gasteiger partial charge in [-0.2, -0.15) is 0 Å². The largest absolute Gasteiger partial charge is 0.396 e. The number of ether oxygens (including phenoxy) is 1. The zero-order valence-corrected chi connectivity index (χ0v) is 14.8. The van der Waals surface area contributed by atoms with Gasteiger partial charge in [0.15, 0.2) is 0 Å². The molecule has 0 spiro atoms. The quantitative estimate of drug-likeness (QED) is 0.673. The Labute approximate surface area is 145 Å². The smallest absolute Gasteiger partial charge is 0.0645 e. The molecule has 0 saturated carbocycles. The van der Waals surface area contributed by atoms with Crippen LogP contribution in [0.25, 0.3) is 0 Å². The number of aliphatic hydroxyl groups is 1. The molecule has 0 bridgehead atoms. The van der Waals surface area contributed by atoms with E-state index in [2.05, 4.69) is 67.3 Å². The minimum absolute atomic E-state index is 0.0961. The predicted octanol–water partition coefficient (Wildman–Crippen LogP) is 3.87. The number of nitrogens with zero attached hydrogens (tertiary/aromatic N) is 1. The van der Waals surface area contributed by atoms with Gasteiger partial charge in [-0.15, -0.1) is 0 Å². The second-order valence-corrected chi connectivity index (χ2v) is 6.77. The van der Waals surface area contributed by atoms with E-state index in [0.29, 0.717) is 19.6 Å². The Morgan fingerprint density at radius 2 is 1.38 bits per heavy atom. The Morgan fingerprint density at radius 3 is 1.83 bits per heavy atom. The summed E-state index contributed by atoms with van der Waals surface area (Å²) >= 11 is 0. The molecule has 0 radical (unpaired) electrons. The molecular formula is C21H29NO2. The van der Waals surface area contributed by atoms with Gasteiger partial charge in [0, 0.05) is 31.8 Å². The van der Waals surface area contributed by atoms with Crippen LogP contribution in [-0.4, -0.2) is 35.4 Å². The van der Waals surface area contributed by atoms with Crippen molar-refractivity contribution in [1.29, 1.82) is 0 Å². The first-order chi connectivity index (χ1) is 11.6. The van der Waals surface area contributed by atoms with Crippen molar-refractivity contribution in [2.75, 3.05) is 19.8 Å². The maximum absolute atomic E-state index is 8.90. The zero-order chi connectivity index (χ0) is 17.3. The highest BCUT2D eigenvalue weighted by Crippen LogP contribution is 2.22. The average Bonchev–Trinajstić information content (AvgIpc) is 2.60. The second-order valence-electron chi connectivity index (χ2n) is 6.77. The van der Waals surface area contributed by atoms with Gasteiger partial charge in [-0.05, 0) is 31.4 Å². The Kier molecular flexibility index (Phi) is 7.44. The van der Waals surface area contributed by atoms with E-state index in [1.54, 1.807) is 0 Å². The summed E-state index contributed by atoms with van der Waals surface area (Å²) in [5, 5.41) is 8.90. The molecule has 0 aromatic heterocycles. The second kappa shape index (κ2) is 9.58. The van der Waals surface area contributed by atoms with Crippen LogP contribution in [-0.2, 0) is 17.8 Å². The molecule has 3 nitrogen and oxygen atoms in total. The number of hydrogen-bond donors (Lipinski definition) is 1. The first-order valence-corrected chi connectivity index (χ1v) is 8.63. The summed E-state index contributed by atoms with van der Waals surface area (Å²) in [6.45, 7) is 7.63. The summed E-state index contributed by atoms with van der Waals surface area (Å²) in [6.07, 6.45) is 0.688. The molecule has 2 aromatic carbocycles. The molecule has 2 aromatic rings. The van der Waals surface area contributed by atoms with Crippen molar-refractivity contribution in [3.05, 3.63) is 71.8 Å². The molecule has 130 valence electrons. The molecule has 0 aliphatic carbocycles. The van der Waals surface area contributed by atoms with E-state index in [1.807, 2.05) is 12.1 Å². The molecule has 1 N–H and O–H groups in total. The lowest BCUT2D eigenvalue weighted by Crippen LogP contribution is -2.46. The van der Waals surface area contributed by atoms with Crippen LogP contribution in [0.5, 0.6) is 0 Å². The van der Waals surface area contributed by atoms with Gasteiger partial charge in [0.2, 0.25) is 0 Å². The van der Waals surface area contributed by atoms with Crippen LogP contribution in [0.4, 0.5) is 0 Å². The topological polar surface area (TPSA) is 32.7 Å². The summed E-state index contributed by atoms with van der Waals surface area (Å²) in [4.78, 5) is 2.45. The monoisotopic (exact) mass is 327 g/mol. The van der Waals surface area contributed by atoms with Gasteiger partial charge in [0.05, 0.1) is 6.61 Å². The fraction of sp³-hybridized carbons (Fsp3) is 0.429. The van der Waals surface area contributed by atoms with Crippen LogP contribution in [0, 0.1) is 0 Å². The van der Waals surface area contributed by atoms with Crippen molar-refractivity contribution in [3.63, 3.8) is 0 Å². The highest BCUT2D eigenvalue weighted by atomic mass is 16.5. The minimum Gasteiger partial charge on any atom is -0.396 e. The van der Waals surface area contributed by atoms with E-state index in [-0.39, 0.29) is 12.1 Å². The molecule has 24 heavy (non-hydrogen) atoms. The predicted molar refractivity (Wildman–Crippen MR) is 98.7 cm³/mol. The lowest BCUT2D eigenvalue weighted by Gasteiger charge is -2.38. The third-order valence-electron chi connectivity index (χ3n) is 4.19. The van der Waals surface area contributed by atoms with Crippen molar-refractivity contribution >= 4 is 0 Å². The Bertz CT molecular complexity index is 527. The lowest BCUT2D eigenvalue weighted by molar-refractivity contribution is -0.00112. The highest BCUT2D eigenvalue weighted by molar-refractivity contribution is 5.17. The van der Waals surface area contributed by atoms with Gasteiger partial charge >= 0.3 is 0 Å². The minimum atomic E-state index is -0.0961. The molecule has 0 aliphatic heterocycles. The fourth-order valence-electron chi connectivity index (χ4n) is 2.67. The van der Waals surface area contributed by atoms with E-state index in [4.69, 9.17) is 9.84 Å². The van der Waals surface area contributed by atoms with Crippen LogP contribution >= 0.6 is 0 Å². The molecule has 2 rings (SSSR count). The van der Waals surface area contributed by atoms with Crippen molar-refractivity contribution in [2.45, 2.75) is 38.9 Å². The third kappa shape index (κ3) is 6.08. The fourth-order valence-corrected chi connectivity index (χ4v) is 2.67. The molecular weight excluding hydrogens is 298 g/mol. The van der Waals surface area contributed by atoms with Crippen molar-refractivity contribution in [2.24, 2.45) is 0 Å². The summed E-state index contributed by atoms with van der Waals surface area (Å²) in [5.41, 5.74) is 2.51. The first-order valence-electron chi connectivity index (χ1n) is 8.63. The summed E-state index contributed by atoms with van der Waals surface area (Å²) in [5.74, 6) is 0. The third-order valence-corrected chi connectivity index (χ3v) is 4.19. The normalized spacial score (nSPS) is 11.8. The molecule has 0 aliphatic rings. The van der Waals surface area contributed by atoms with E-state index >= 15 is 0 Å². The Hall–Kier alpha value is -1.68. The Balaban J connectivity index is 2.08. The van der Waals surface area contributed by atoms with Gasteiger partial charge < -0.3 is 9.84 Å². The zero-order valence-electron chi connectivity index (χ0n) is 14.8. The number of aliphatic hydroxyl groups excluding tert-OH is 1. The van der Waals surface area contributed by atoms with E-state index in [0.717, 1.165) is 13.1 Å². The number of benzene rings is 2. The van der Waals surface area contributed by atoms with Gasteiger partial charge in [0.1, 0.15) is 0 Å². The molecule has 0 saturated heterocycles. The van der Waals surface area contributed by atoms with E-state index < -0.39 is 0 Å². The molecule has 0 heterocycles. The van der Waals surface area contributed by atoms with Gasteiger partial charge in [-0.1, -0.05) is 60.7 Å². The van der Waals surface area contributed by atoms with Gasteiger partial charge in [0.25, 0.3) is 0 Å². The first kappa shape index (κ1) is 18.7. The van der Waals surface area contributed by atoms with Crippen LogP contribution in [0.3, 0.4) is 0 Å². The van der Waals surface area contributed by atoms with Gasteiger partial charge in [-0.3, -0.25) is 4.90 Å². The maximum Gasteiger partial charge on any atom is 0.0645 e. The van der Waals surface area contributed by atoms with Crippen LogP contribution < -0.4 is 0 Å². The van der Waals surface area contributed by atoms with Crippen molar-refractivity contribution in [1.82, 2.24) is 4.90 Å². The molecule has 0 atom stereocenters. The van der Waals surface area contributed by atoms with E-state index in [1.165, 1.54) is 11.1 Å². The lowest BCUT2D eigenvalue weighted by atomic mass is 10.0. The van der Waals surface area contributed by atoms with E-state index in [9.17, 15) is 0 Å². The van der Waals surface area contributed by atoms with Crippen LogP contribution in [0.15, 0.2) is 60.7 Å². The molecule has 3 heteroatoms. The number of hydrogen-bond acceptors (Lipinski definition) is 3. The van der Waals surface area contributed by atoms with Crippen molar-refractivity contribution < 1.29 is 9.84 Å². The Morgan fingerprint density at radius 1 is 0.875 bits per heavy atom. The summed E-state index contributed by atoms with van der Waals surface area (Å²) in [6, 6.07) is 21.1. The molecule has 0 fully saturated rings. The highest BCUT2D eigenvalue weighted by Gasteiger charge is 2.27. The standard InChI is InChI=1S/C21H29NO2/c1-21(2,18-24-15-9-14-23)22(16-19-10-5-3-6-11-19)17-20-12-7-4-8-13-20/h3-8,10-13,23H,9,14-18H2,1-2H3. The molecule has 0 unspecified atom stereocenters. The van der Waals surface area contributed by atoms with Crippen LogP contribution in [0.1, 0.15) is 31.4 Å². The van der Waals surface area contributed by atoms with Crippen LogP contribution in [0.2, 0.25) is 0 Å². The summed E-state index contributed by atoms with van der Waals surface area (Å²) < 4.78 is 5.79. The molecule has 0 amide bonds. The van der Waals surface area contributed by atoms with Gasteiger partial charge in [-0.25, -0.2) is 0 Å². The average molecular weight is 327 g/mol.